The van der Waals surface area contributed by atoms with Crippen molar-refractivity contribution in [3.63, 3.8) is 0 Å². The number of aromatic nitrogens is 2. The van der Waals surface area contributed by atoms with Crippen molar-refractivity contribution in [1.29, 1.82) is 0 Å². The van der Waals surface area contributed by atoms with Crippen molar-refractivity contribution >= 4 is 17.4 Å². The van der Waals surface area contributed by atoms with Crippen LogP contribution in [0.25, 0.3) is 0 Å². The Morgan fingerprint density at radius 2 is 1.77 bits per heavy atom. The summed E-state index contributed by atoms with van der Waals surface area (Å²) >= 11 is 0. The van der Waals surface area contributed by atoms with E-state index in [2.05, 4.69) is 34.1 Å². The van der Waals surface area contributed by atoms with Crippen LogP contribution in [0.5, 0.6) is 6.01 Å². The summed E-state index contributed by atoms with van der Waals surface area (Å²) < 4.78 is 6.02. The minimum Gasteiger partial charge on any atom is -0.460 e. The molecule has 1 saturated carbocycles. The molecule has 7 heteroatoms. The van der Waals surface area contributed by atoms with Gasteiger partial charge in [-0.05, 0) is 62.7 Å². The van der Waals surface area contributed by atoms with E-state index < -0.39 is 0 Å². The van der Waals surface area contributed by atoms with Gasteiger partial charge in [0.05, 0.1) is 6.54 Å². The summed E-state index contributed by atoms with van der Waals surface area (Å²) in [6.45, 7) is 4.29. The average molecular weight is 422 g/mol. The first-order valence-electron chi connectivity index (χ1n) is 11.5. The Morgan fingerprint density at radius 1 is 1.03 bits per heavy atom. The third-order valence-electron chi connectivity index (χ3n) is 6.58. The predicted octanol–water partition coefficient (Wildman–Crippen LogP) is 3.11. The van der Waals surface area contributed by atoms with Gasteiger partial charge in [0, 0.05) is 25.1 Å². The molecule has 2 N–H and O–H groups in total. The largest absolute Gasteiger partial charge is 0.460 e. The van der Waals surface area contributed by atoms with Gasteiger partial charge in [-0.2, -0.15) is 9.97 Å². The van der Waals surface area contributed by atoms with E-state index in [1.807, 2.05) is 4.90 Å². The van der Waals surface area contributed by atoms with Gasteiger partial charge in [0.1, 0.15) is 17.7 Å². The van der Waals surface area contributed by atoms with Gasteiger partial charge in [0.25, 0.3) is 0 Å². The molecule has 31 heavy (non-hydrogen) atoms. The van der Waals surface area contributed by atoms with Crippen LogP contribution in [0.2, 0.25) is 0 Å². The molecule has 164 valence electrons. The van der Waals surface area contributed by atoms with Crippen molar-refractivity contribution in [2.75, 3.05) is 30.3 Å². The summed E-state index contributed by atoms with van der Waals surface area (Å²) in [4.78, 5) is 26.0. The number of nitrogen functional groups attached to an aromatic ring is 1. The molecule has 7 nitrogen and oxygen atoms in total. The van der Waals surface area contributed by atoms with Crippen molar-refractivity contribution < 1.29 is 9.53 Å². The van der Waals surface area contributed by atoms with Crippen LogP contribution in [0.15, 0.2) is 24.3 Å². The molecule has 0 bridgehead atoms. The second kappa shape index (κ2) is 8.83. The summed E-state index contributed by atoms with van der Waals surface area (Å²) in [6.07, 6.45) is 7.46. The third-order valence-corrected chi connectivity index (χ3v) is 6.58. The highest BCUT2D eigenvalue weighted by Crippen LogP contribution is 2.32. The Morgan fingerprint density at radius 3 is 2.55 bits per heavy atom. The SMILES string of the molecule is Nc1nc(OC2CCCC2)nc2c1CC(=O)CN2Cc1cccc(CN2CCCC2)c1. The van der Waals surface area contributed by atoms with Gasteiger partial charge in [0.15, 0.2) is 5.78 Å². The van der Waals surface area contributed by atoms with Gasteiger partial charge in [-0.25, -0.2) is 0 Å². The molecule has 0 atom stereocenters. The lowest BCUT2D eigenvalue weighted by Crippen LogP contribution is -2.37. The van der Waals surface area contributed by atoms with E-state index in [0.29, 0.717) is 24.9 Å². The fraction of sp³-hybridized carbons (Fsp3) is 0.542. The van der Waals surface area contributed by atoms with Gasteiger partial charge in [-0.1, -0.05) is 24.3 Å². The molecule has 2 fully saturated rings. The number of nitrogens with two attached hydrogens (primary N) is 1. The number of hydrogen-bond acceptors (Lipinski definition) is 7. The maximum Gasteiger partial charge on any atom is 0.320 e. The van der Waals surface area contributed by atoms with Gasteiger partial charge in [-0.15, -0.1) is 0 Å². The molecule has 0 radical (unpaired) electrons. The summed E-state index contributed by atoms with van der Waals surface area (Å²) in [7, 11) is 0. The molecule has 3 aliphatic rings. The Balaban J connectivity index is 1.37. The standard InChI is InChI=1S/C24H31N5O2/c25-22-21-13-19(30)16-29(23(21)27-24(26-22)31-20-8-1-2-9-20)15-18-7-5-6-17(12-18)14-28-10-3-4-11-28/h5-7,12,20H,1-4,8-11,13-16H2,(H2,25,26,27). The van der Waals surface area contributed by atoms with E-state index in [1.165, 1.54) is 49.9 Å². The maximum atomic E-state index is 12.4. The minimum absolute atomic E-state index is 0.139. The molecule has 1 saturated heterocycles. The first-order valence-corrected chi connectivity index (χ1v) is 11.5. The number of ether oxygens (including phenoxy) is 1. The summed E-state index contributed by atoms with van der Waals surface area (Å²) in [6, 6.07) is 9.00. The topological polar surface area (TPSA) is 84.6 Å². The molecule has 5 rings (SSSR count). The normalized spacial score (nSPS) is 19.7. The smallest absolute Gasteiger partial charge is 0.320 e. The first-order chi connectivity index (χ1) is 15.1. The van der Waals surface area contributed by atoms with Crippen molar-refractivity contribution in [2.45, 2.75) is 64.1 Å². The third kappa shape index (κ3) is 4.66. The van der Waals surface area contributed by atoms with E-state index >= 15 is 0 Å². The molecular weight excluding hydrogens is 390 g/mol. The zero-order valence-electron chi connectivity index (χ0n) is 18.1. The Kier molecular flexibility index (Phi) is 5.76. The maximum absolute atomic E-state index is 12.4. The number of anilines is 2. The lowest BCUT2D eigenvalue weighted by molar-refractivity contribution is -0.117. The number of hydrogen-bond donors (Lipinski definition) is 1. The van der Waals surface area contributed by atoms with Crippen LogP contribution in [0.1, 0.15) is 55.2 Å². The number of carbonyl (C=O) groups excluding carboxylic acids is 1. The number of ketones is 1. The number of carbonyl (C=O) groups is 1. The van der Waals surface area contributed by atoms with Gasteiger partial charge < -0.3 is 15.4 Å². The number of likely N-dealkylation sites (tertiary alicyclic amines) is 1. The molecule has 0 unspecified atom stereocenters. The highest BCUT2D eigenvalue weighted by molar-refractivity contribution is 5.91. The van der Waals surface area contributed by atoms with Crippen molar-refractivity contribution in [1.82, 2.24) is 14.9 Å². The molecule has 0 spiro atoms. The molecule has 0 amide bonds. The van der Waals surface area contributed by atoms with Crippen LogP contribution in [0.3, 0.4) is 0 Å². The highest BCUT2D eigenvalue weighted by Gasteiger charge is 2.29. The lowest BCUT2D eigenvalue weighted by atomic mass is 10.0. The van der Waals surface area contributed by atoms with Crippen LogP contribution >= 0.6 is 0 Å². The van der Waals surface area contributed by atoms with E-state index in [9.17, 15) is 4.79 Å². The van der Waals surface area contributed by atoms with Crippen LogP contribution < -0.4 is 15.4 Å². The highest BCUT2D eigenvalue weighted by atomic mass is 16.5. The summed E-state index contributed by atoms with van der Waals surface area (Å²) in [5, 5.41) is 0. The van der Waals surface area contributed by atoms with Gasteiger partial charge in [0.2, 0.25) is 0 Å². The van der Waals surface area contributed by atoms with E-state index in [-0.39, 0.29) is 18.3 Å². The number of nitrogens with zero attached hydrogens (tertiary/aromatic N) is 4. The number of Topliss-reactive ketones (excluding diaryl/α,β-unsaturated/α-hetero) is 1. The van der Waals surface area contributed by atoms with E-state index in [0.717, 1.165) is 30.8 Å². The Hall–Kier alpha value is -2.67. The Bertz CT molecular complexity index is 951. The molecule has 1 aromatic heterocycles. The molecule has 1 aromatic carbocycles. The fourth-order valence-electron chi connectivity index (χ4n) is 5.02. The van der Waals surface area contributed by atoms with E-state index in [4.69, 9.17) is 15.5 Å². The molecule has 3 heterocycles. The Labute approximate surface area is 183 Å². The number of benzene rings is 1. The summed E-state index contributed by atoms with van der Waals surface area (Å²) in [5.41, 5.74) is 9.45. The van der Waals surface area contributed by atoms with Crippen LogP contribution in [0.4, 0.5) is 11.6 Å². The van der Waals surface area contributed by atoms with Gasteiger partial charge >= 0.3 is 6.01 Å². The molecule has 2 aromatic rings. The summed E-state index contributed by atoms with van der Waals surface area (Å²) in [5.74, 6) is 1.24. The average Bonchev–Trinajstić information content (AvgIpc) is 3.44. The lowest BCUT2D eigenvalue weighted by Gasteiger charge is -2.30. The second-order valence-electron chi connectivity index (χ2n) is 9.09. The minimum atomic E-state index is 0.139. The van der Waals surface area contributed by atoms with E-state index in [1.54, 1.807) is 0 Å². The quantitative estimate of drug-likeness (QED) is 0.767. The molecular formula is C24H31N5O2. The molecule has 2 aliphatic heterocycles. The zero-order chi connectivity index (χ0) is 21.2. The second-order valence-corrected chi connectivity index (χ2v) is 9.09. The zero-order valence-corrected chi connectivity index (χ0v) is 18.1. The van der Waals surface area contributed by atoms with Crippen LogP contribution in [-0.2, 0) is 24.3 Å². The van der Waals surface area contributed by atoms with Crippen LogP contribution in [-0.4, -0.2) is 46.4 Å². The predicted molar refractivity (Wildman–Crippen MR) is 120 cm³/mol. The van der Waals surface area contributed by atoms with Gasteiger partial charge in [-0.3, -0.25) is 9.69 Å². The number of rotatable bonds is 6. The van der Waals surface area contributed by atoms with Crippen molar-refractivity contribution in [2.24, 2.45) is 0 Å². The first kappa shape index (κ1) is 20.2. The fourth-order valence-corrected chi connectivity index (χ4v) is 5.02. The van der Waals surface area contributed by atoms with Crippen molar-refractivity contribution in [3.8, 4) is 6.01 Å². The molecule has 1 aliphatic carbocycles. The number of fused-ring (bicyclic) bond motifs is 1. The monoisotopic (exact) mass is 421 g/mol. The van der Waals surface area contributed by atoms with Crippen molar-refractivity contribution in [3.05, 3.63) is 41.0 Å². The van der Waals surface area contributed by atoms with Crippen LogP contribution in [0, 0.1) is 0 Å².